The second-order valence-electron chi connectivity index (χ2n) is 7.52. The number of piperidine rings is 1. The summed E-state index contributed by atoms with van der Waals surface area (Å²) >= 11 is 0. The SMILES string of the molecule is CCCCNC(=O)C1CCCN(C(=O)CCc2nc3c([nH]2)c(=O)[nH]c(=O)n3C)C1. The summed E-state index contributed by atoms with van der Waals surface area (Å²) in [4.78, 5) is 59.6. The van der Waals surface area contributed by atoms with Crippen molar-refractivity contribution >= 4 is 23.0 Å². The summed E-state index contributed by atoms with van der Waals surface area (Å²) in [7, 11) is 1.52. The van der Waals surface area contributed by atoms with E-state index in [0.29, 0.717) is 31.9 Å². The van der Waals surface area contributed by atoms with E-state index in [2.05, 4.69) is 27.2 Å². The number of rotatable bonds is 7. The molecule has 10 nitrogen and oxygen atoms in total. The summed E-state index contributed by atoms with van der Waals surface area (Å²) in [5.41, 5.74) is -0.575. The number of hydrogen-bond donors (Lipinski definition) is 3. The molecule has 3 rings (SSSR count). The molecule has 2 aromatic rings. The fourth-order valence-electron chi connectivity index (χ4n) is 3.60. The van der Waals surface area contributed by atoms with E-state index in [4.69, 9.17) is 0 Å². The number of hydrogen-bond acceptors (Lipinski definition) is 5. The van der Waals surface area contributed by atoms with Crippen molar-refractivity contribution in [3.8, 4) is 0 Å². The highest BCUT2D eigenvalue weighted by atomic mass is 16.2. The van der Waals surface area contributed by atoms with Gasteiger partial charge in [0.1, 0.15) is 11.3 Å². The minimum absolute atomic E-state index is 0.0216. The third kappa shape index (κ3) is 4.75. The van der Waals surface area contributed by atoms with Crippen molar-refractivity contribution in [2.75, 3.05) is 19.6 Å². The lowest BCUT2D eigenvalue weighted by atomic mass is 9.96. The van der Waals surface area contributed by atoms with Crippen LogP contribution in [0.1, 0.15) is 44.9 Å². The zero-order chi connectivity index (χ0) is 21.0. The summed E-state index contributed by atoms with van der Waals surface area (Å²) in [6.45, 7) is 3.83. The highest BCUT2D eigenvalue weighted by molar-refractivity contribution is 5.81. The van der Waals surface area contributed by atoms with Crippen LogP contribution in [0, 0.1) is 5.92 Å². The van der Waals surface area contributed by atoms with Crippen LogP contribution in [-0.4, -0.2) is 55.9 Å². The van der Waals surface area contributed by atoms with Gasteiger partial charge in [0.15, 0.2) is 5.65 Å². The molecule has 1 saturated heterocycles. The van der Waals surface area contributed by atoms with E-state index in [-0.39, 0.29) is 35.3 Å². The molecule has 1 unspecified atom stereocenters. The molecule has 2 amide bonds. The van der Waals surface area contributed by atoms with Crippen LogP contribution in [0.4, 0.5) is 0 Å². The smallest absolute Gasteiger partial charge is 0.329 e. The number of unbranched alkanes of at least 4 members (excludes halogenated alkanes) is 1. The minimum atomic E-state index is -0.534. The number of nitrogens with one attached hydrogen (secondary N) is 3. The van der Waals surface area contributed by atoms with Crippen molar-refractivity contribution < 1.29 is 9.59 Å². The Labute approximate surface area is 167 Å². The first kappa shape index (κ1) is 20.8. The molecule has 3 heterocycles. The summed E-state index contributed by atoms with van der Waals surface area (Å²) in [5, 5.41) is 2.95. The van der Waals surface area contributed by atoms with Crippen molar-refractivity contribution in [2.45, 2.75) is 45.4 Å². The van der Waals surface area contributed by atoms with Gasteiger partial charge in [0, 0.05) is 39.5 Å². The topological polar surface area (TPSA) is 133 Å². The monoisotopic (exact) mass is 404 g/mol. The molecular weight excluding hydrogens is 376 g/mol. The first-order valence-corrected chi connectivity index (χ1v) is 10.1. The largest absolute Gasteiger partial charge is 0.356 e. The quantitative estimate of drug-likeness (QED) is 0.560. The maximum atomic E-state index is 12.6. The van der Waals surface area contributed by atoms with Gasteiger partial charge in [0.05, 0.1) is 5.92 Å². The molecule has 0 aliphatic carbocycles. The number of aromatic nitrogens is 4. The Morgan fingerprint density at radius 2 is 2.07 bits per heavy atom. The third-order valence-corrected chi connectivity index (χ3v) is 5.35. The van der Waals surface area contributed by atoms with Gasteiger partial charge in [-0.05, 0) is 19.3 Å². The molecule has 0 bridgehead atoms. The van der Waals surface area contributed by atoms with Crippen LogP contribution >= 0.6 is 0 Å². The van der Waals surface area contributed by atoms with E-state index in [1.54, 1.807) is 4.90 Å². The number of likely N-dealkylation sites (tertiary alicyclic amines) is 1. The average Bonchev–Trinajstić information content (AvgIpc) is 3.15. The lowest BCUT2D eigenvalue weighted by Crippen LogP contribution is -2.45. The molecule has 2 aromatic heterocycles. The van der Waals surface area contributed by atoms with Crippen molar-refractivity contribution in [3.05, 3.63) is 26.7 Å². The number of H-pyrrole nitrogens is 2. The van der Waals surface area contributed by atoms with Gasteiger partial charge in [-0.15, -0.1) is 0 Å². The Morgan fingerprint density at radius 3 is 2.83 bits per heavy atom. The predicted octanol–water partition coefficient (Wildman–Crippen LogP) is 0.0374. The lowest BCUT2D eigenvalue weighted by molar-refractivity contribution is -0.135. The van der Waals surface area contributed by atoms with Gasteiger partial charge < -0.3 is 15.2 Å². The first-order chi connectivity index (χ1) is 13.9. The van der Waals surface area contributed by atoms with Crippen LogP contribution in [0.15, 0.2) is 9.59 Å². The Balaban J connectivity index is 1.59. The molecule has 1 aliphatic rings. The summed E-state index contributed by atoms with van der Waals surface area (Å²) in [6, 6.07) is 0. The van der Waals surface area contributed by atoms with Crippen LogP contribution in [0.5, 0.6) is 0 Å². The van der Waals surface area contributed by atoms with Crippen LogP contribution in [0.2, 0.25) is 0 Å². The first-order valence-electron chi connectivity index (χ1n) is 10.1. The number of aryl methyl sites for hydroxylation is 2. The van der Waals surface area contributed by atoms with Gasteiger partial charge >= 0.3 is 5.69 Å². The second kappa shape index (κ2) is 9.06. The zero-order valence-corrected chi connectivity index (χ0v) is 16.9. The number of imidazole rings is 1. The van der Waals surface area contributed by atoms with E-state index in [1.165, 1.54) is 11.6 Å². The molecule has 0 radical (unpaired) electrons. The fourth-order valence-corrected chi connectivity index (χ4v) is 3.60. The lowest BCUT2D eigenvalue weighted by Gasteiger charge is -2.32. The molecule has 1 aliphatic heterocycles. The normalized spacial score (nSPS) is 16.9. The molecule has 10 heteroatoms. The van der Waals surface area contributed by atoms with E-state index >= 15 is 0 Å². The number of carbonyl (C=O) groups is 2. The summed E-state index contributed by atoms with van der Waals surface area (Å²) in [5.74, 6) is 0.294. The van der Waals surface area contributed by atoms with E-state index < -0.39 is 11.2 Å². The molecule has 0 aromatic carbocycles. The fraction of sp³-hybridized carbons (Fsp3) is 0.632. The van der Waals surface area contributed by atoms with Gasteiger partial charge in [-0.3, -0.25) is 23.9 Å². The van der Waals surface area contributed by atoms with Crippen molar-refractivity contribution in [3.63, 3.8) is 0 Å². The van der Waals surface area contributed by atoms with Crippen LogP contribution < -0.4 is 16.6 Å². The second-order valence-corrected chi connectivity index (χ2v) is 7.52. The number of amides is 2. The molecule has 1 fully saturated rings. The van der Waals surface area contributed by atoms with Crippen molar-refractivity contribution in [1.82, 2.24) is 29.7 Å². The van der Waals surface area contributed by atoms with Gasteiger partial charge in [-0.25, -0.2) is 9.78 Å². The number of aromatic amines is 2. The van der Waals surface area contributed by atoms with Crippen LogP contribution in [0.3, 0.4) is 0 Å². The van der Waals surface area contributed by atoms with E-state index in [0.717, 1.165) is 25.7 Å². The van der Waals surface area contributed by atoms with Gasteiger partial charge in [-0.1, -0.05) is 13.3 Å². The standard InChI is InChI=1S/C19H28N6O4/c1-3-4-9-20-17(27)12-6-5-10-25(11-12)14(26)8-7-13-21-15-16(22-13)24(2)19(29)23-18(15)28/h12H,3-11H2,1-2H3,(H,20,27)(H,21,22)(H,23,28,29). The molecular formula is C19H28N6O4. The molecule has 3 N–H and O–H groups in total. The number of nitrogens with zero attached hydrogens (tertiary/aromatic N) is 3. The van der Waals surface area contributed by atoms with Crippen LogP contribution in [-0.2, 0) is 23.1 Å². The molecule has 0 saturated carbocycles. The third-order valence-electron chi connectivity index (χ3n) is 5.35. The molecule has 158 valence electrons. The average molecular weight is 404 g/mol. The Hall–Kier alpha value is -2.91. The van der Waals surface area contributed by atoms with Gasteiger partial charge in [0.2, 0.25) is 11.8 Å². The highest BCUT2D eigenvalue weighted by Crippen LogP contribution is 2.18. The number of fused-ring (bicyclic) bond motifs is 1. The predicted molar refractivity (Wildman–Crippen MR) is 107 cm³/mol. The molecule has 0 spiro atoms. The number of carbonyl (C=O) groups excluding carboxylic acids is 2. The van der Waals surface area contributed by atoms with E-state index in [1.807, 2.05) is 0 Å². The highest BCUT2D eigenvalue weighted by Gasteiger charge is 2.28. The Bertz CT molecular complexity index is 1000. The molecule has 29 heavy (non-hydrogen) atoms. The summed E-state index contributed by atoms with van der Waals surface area (Å²) in [6.07, 6.45) is 4.12. The Kier molecular flexibility index (Phi) is 6.50. The summed E-state index contributed by atoms with van der Waals surface area (Å²) < 4.78 is 1.25. The maximum Gasteiger partial charge on any atom is 0.329 e. The Morgan fingerprint density at radius 1 is 1.28 bits per heavy atom. The maximum absolute atomic E-state index is 12.6. The van der Waals surface area contributed by atoms with Crippen molar-refractivity contribution in [1.29, 1.82) is 0 Å². The van der Waals surface area contributed by atoms with E-state index in [9.17, 15) is 19.2 Å². The van der Waals surface area contributed by atoms with Gasteiger partial charge in [0.25, 0.3) is 5.56 Å². The van der Waals surface area contributed by atoms with Crippen molar-refractivity contribution in [2.24, 2.45) is 13.0 Å². The van der Waals surface area contributed by atoms with Gasteiger partial charge in [-0.2, -0.15) is 0 Å². The zero-order valence-electron chi connectivity index (χ0n) is 16.9. The molecule has 1 atom stereocenters. The van der Waals surface area contributed by atoms with Crippen LogP contribution in [0.25, 0.3) is 11.2 Å². The minimum Gasteiger partial charge on any atom is -0.356 e.